The van der Waals surface area contributed by atoms with Gasteiger partial charge in [0, 0.05) is 10.0 Å². The van der Waals surface area contributed by atoms with Gasteiger partial charge in [-0.15, -0.1) is 4.40 Å². The average Bonchev–Trinajstić information content (AvgIpc) is 2.70. The van der Waals surface area contributed by atoms with Crippen LogP contribution in [0.3, 0.4) is 0 Å². The van der Waals surface area contributed by atoms with E-state index in [2.05, 4.69) is 25.3 Å². The van der Waals surface area contributed by atoms with E-state index >= 15 is 0 Å². The van der Waals surface area contributed by atoms with E-state index in [4.69, 9.17) is 0 Å². The van der Waals surface area contributed by atoms with E-state index in [0.29, 0.717) is 16.8 Å². The molecule has 0 N–H and O–H groups in total. The summed E-state index contributed by atoms with van der Waals surface area (Å²) < 4.78 is 30.7. The number of nitrogens with zero attached hydrogens (tertiary/aromatic N) is 2. The lowest BCUT2D eigenvalue weighted by molar-refractivity contribution is -0.111. The molecule has 0 aromatic heterocycles. The van der Waals surface area contributed by atoms with Crippen LogP contribution in [-0.2, 0) is 14.8 Å². The Morgan fingerprint density at radius 2 is 1.60 bits per heavy atom. The third-order valence-corrected chi connectivity index (χ3v) is 6.33. The predicted octanol–water partition coefficient (Wildman–Crippen LogP) is 5.14. The number of rotatable bonds is 4. The highest BCUT2D eigenvalue weighted by molar-refractivity contribution is 9.10. The van der Waals surface area contributed by atoms with Crippen LogP contribution in [0.5, 0.6) is 0 Å². The molecular formula is C23H21BrN2O3S. The van der Waals surface area contributed by atoms with Crippen LogP contribution in [0.1, 0.15) is 26.3 Å². The molecule has 0 heterocycles. The summed E-state index contributed by atoms with van der Waals surface area (Å²) in [6.45, 7) is 5.63. The molecule has 154 valence electrons. The second kappa shape index (κ2) is 9.02. The molecule has 0 bridgehead atoms. The first kappa shape index (κ1) is 22.1. The Labute approximate surface area is 185 Å². The van der Waals surface area contributed by atoms with Crippen LogP contribution in [0.15, 0.2) is 96.7 Å². The molecule has 0 saturated heterocycles. The van der Waals surface area contributed by atoms with Crippen molar-refractivity contribution in [2.75, 3.05) is 0 Å². The fourth-order valence-electron chi connectivity index (χ4n) is 2.86. The zero-order chi connectivity index (χ0) is 21.9. The van der Waals surface area contributed by atoms with Crippen LogP contribution in [0, 0.1) is 5.92 Å². The van der Waals surface area contributed by atoms with Crippen molar-refractivity contribution in [1.82, 2.24) is 0 Å². The zero-order valence-corrected chi connectivity index (χ0v) is 19.2. The summed E-state index contributed by atoms with van der Waals surface area (Å²) in [5, 5.41) is 0. The van der Waals surface area contributed by atoms with Crippen molar-refractivity contribution >= 4 is 43.3 Å². The normalized spacial score (nSPS) is 16.6. The third kappa shape index (κ3) is 5.09. The predicted molar refractivity (Wildman–Crippen MR) is 123 cm³/mol. The minimum Gasteiger partial charge on any atom is -0.290 e. The average molecular weight is 485 g/mol. The van der Waals surface area contributed by atoms with Crippen molar-refractivity contribution in [2.45, 2.75) is 25.7 Å². The molecule has 0 radical (unpaired) electrons. The molecule has 30 heavy (non-hydrogen) atoms. The summed E-state index contributed by atoms with van der Waals surface area (Å²) >= 11 is 3.30. The first-order valence-electron chi connectivity index (χ1n) is 9.36. The van der Waals surface area contributed by atoms with Crippen molar-refractivity contribution in [1.29, 1.82) is 0 Å². The van der Waals surface area contributed by atoms with Crippen LogP contribution >= 0.6 is 15.9 Å². The molecule has 2 aromatic carbocycles. The van der Waals surface area contributed by atoms with Crippen LogP contribution in [0.2, 0.25) is 0 Å². The molecule has 0 amide bonds. The van der Waals surface area contributed by atoms with Crippen LogP contribution in [0.25, 0.3) is 0 Å². The zero-order valence-electron chi connectivity index (χ0n) is 16.8. The standard InChI is InChI=1S/C23H21BrN2O3S/c1-15(2)20-14-22(27)16(3)13-21(20)25-23(17-7-5-4-6-8-17)26-30(28,29)19-11-9-18(24)10-12-19/h4-15H,1-3H3/b25-21?,26-23-. The maximum atomic E-state index is 12.9. The Bertz CT molecular complexity index is 1190. The van der Waals surface area contributed by atoms with Crippen molar-refractivity contribution in [3.63, 3.8) is 0 Å². The molecule has 0 unspecified atom stereocenters. The Morgan fingerprint density at radius 3 is 2.20 bits per heavy atom. The topological polar surface area (TPSA) is 75.9 Å². The molecule has 7 heteroatoms. The molecule has 5 nitrogen and oxygen atoms in total. The summed E-state index contributed by atoms with van der Waals surface area (Å²) in [4.78, 5) is 16.8. The minimum absolute atomic E-state index is 0.0390. The van der Waals surface area contributed by atoms with Gasteiger partial charge in [0.1, 0.15) is 0 Å². The molecule has 0 spiro atoms. The molecule has 1 aliphatic carbocycles. The van der Waals surface area contributed by atoms with Gasteiger partial charge >= 0.3 is 0 Å². The molecule has 0 fully saturated rings. The number of hydrogen-bond acceptors (Lipinski definition) is 3. The van der Waals surface area contributed by atoms with Crippen LogP contribution < -0.4 is 0 Å². The molecule has 1 aliphatic rings. The molecular weight excluding hydrogens is 464 g/mol. The van der Waals surface area contributed by atoms with Crippen molar-refractivity contribution in [3.05, 3.63) is 87.9 Å². The SMILES string of the molecule is CC1=CC(=N/C(=N\S(=O)(=O)c2ccc(Br)cc2)c2ccccc2)C(C(C)C)=CC1=O. The molecule has 2 aromatic rings. The highest BCUT2D eigenvalue weighted by atomic mass is 79.9. The van der Waals surface area contributed by atoms with Gasteiger partial charge in [-0.1, -0.05) is 60.1 Å². The van der Waals surface area contributed by atoms with E-state index in [1.54, 1.807) is 55.5 Å². The number of amidine groups is 1. The van der Waals surface area contributed by atoms with Crippen LogP contribution in [-0.4, -0.2) is 25.7 Å². The number of carbonyl (C=O) groups excluding carboxylic acids is 1. The van der Waals surface area contributed by atoms with E-state index in [-0.39, 0.29) is 22.4 Å². The second-order valence-electron chi connectivity index (χ2n) is 7.15. The van der Waals surface area contributed by atoms with Gasteiger partial charge in [-0.3, -0.25) is 4.79 Å². The first-order chi connectivity index (χ1) is 14.2. The van der Waals surface area contributed by atoms with Gasteiger partial charge < -0.3 is 0 Å². The maximum absolute atomic E-state index is 12.9. The minimum atomic E-state index is -3.98. The molecule has 0 saturated carbocycles. The summed E-state index contributed by atoms with van der Waals surface area (Å²) in [6.07, 6.45) is 3.24. The van der Waals surface area contributed by atoms with Crippen molar-refractivity contribution < 1.29 is 13.2 Å². The van der Waals surface area contributed by atoms with E-state index < -0.39 is 10.0 Å². The molecule has 0 aliphatic heterocycles. The Morgan fingerprint density at radius 1 is 0.967 bits per heavy atom. The number of allylic oxidation sites excluding steroid dienone is 4. The number of halogens is 1. The fraction of sp³-hybridized carbons (Fsp3) is 0.174. The van der Waals surface area contributed by atoms with Gasteiger partial charge in [-0.2, -0.15) is 8.42 Å². The lowest BCUT2D eigenvalue weighted by atomic mass is 9.90. The summed E-state index contributed by atoms with van der Waals surface area (Å²) in [6, 6.07) is 15.2. The lowest BCUT2D eigenvalue weighted by Crippen LogP contribution is -2.18. The van der Waals surface area contributed by atoms with E-state index in [9.17, 15) is 13.2 Å². The van der Waals surface area contributed by atoms with Gasteiger partial charge in [-0.25, -0.2) is 4.99 Å². The Balaban J connectivity index is 2.18. The van der Waals surface area contributed by atoms with E-state index in [1.165, 1.54) is 12.1 Å². The lowest BCUT2D eigenvalue weighted by Gasteiger charge is -2.17. The highest BCUT2D eigenvalue weighted by Crippen LogP contribution is 2.22. The van der Waals surface area contributed by atoms with Gasteiger partial charge in [0.05, 0.1) is 10.6 Å². The van der Waals surface area contributed by atoms with Gasteiger partial charge in [0.25, 0.3) is 10.0 Å². The van der Waals surface area contributed by atoms with E-state index in [0.717, 1.165) is 10.0 Å². The highest BCUT2D eigenvalue weighted by Gasteiger charge is 2.21. The van der Waals surface area contributed by atoms with Gasteiger partial charge in [-0.05, 0) is 60.4 Å². The van der Waals surface area contributed by atoms with Crippen LogP contribution in [0.4, 0.5) is 0 Å². The largest absolute Gasteiger partial charge is 0.290 e. The number of benzene rings is 2. The number of hydrogen-bond donors (Lipinski definition) is 0. The molecule has 0 atom stereocenters. The fourth-order valence-corrected chi connectivity index (χ4v) is 4.08. The van der Waals surface area contributed by atoms with Gasteiger partial charge in [0.15, 0.2) is 11.6 Å². The summed E-state index contributed by atoms with van der Waals surface area (Å²) in [7, 11) is -3.98. The van der Waals surface area contributed by atoms with Crippen molar-refractivity contribution in [3.8, 4) is 0 Å². The number of ketones is 1. The van der Waals surface area contributed by atoms with Crippen molar-refractivity contribution in [2.24, 2.45) is 15.3 Å². The first-order valence-corrected chi connectivity index (χ1v) is 11.6. The van der Waals surface area contributed by atoms with Gasteiger partial charge in [0.2, 0.25) is 0 Å². The quantitative estimate of drug-likeness (QED) is 0.342. The summed E-state index contributed by atoms with van der Waals surface area (Å²) in [5.41, 5.74) is 2.39. The monoisotopic (exact) mass is 484 g/mol. The third-order valence-electron chi connectivity index (χ3n) is 4.52. The number of carbonyl (C=O) groups is 1. The number of aliphatic imine (C=N–C) groups is 1. The second-order valence-corrected chi connectivity index (χ2v) is 9.67. The maximum Gasteiger partial charge on any atom is 0.284 e. The Kier molecular flexibility index (Phi) is 6.63. The Hall–Kier alpha value is -2.64. The number of sulfonamides is 1. The summed E-state index contributed by atoms with van der Waals surface area (Å²) in [5.74, 6) is 0.0361. The molecule has 3 rings (SSSR count). The van der Waals surface area contributed by atoms with E-state index in [1.807, 2.05) is 19.9 Å². The smallest absolute Gasteiger partial charge is 0.284 e.